The second-order valence-corrected chi connectivity index (χ2v) is 3.40. The lowest BCUT2D eigenvalue weighted by atomic mass is 10.0. The lowest BCUT2D eigenvalue weighted by molar-refractivity contribution is -0.148. The Kier molecular flexibility index (Phi) is 3.07. The number of hydrogen-bond acceptors (Lipinski definition) is 3. The third-order valence-corrected chi connectivity index (χ3v) is 2.15. The second kappa shape index (κ2) is 3.88. The van der Waals surface area contributed by atoms with Crippen LogP contribution in [-0.4, -0.2) is 19.0 Å². The van der Waals surface area contributed by atoms with Crippen LogP contribution in [0.15, 0.2) is 0 Å². The van der Waals surface area contributed by atoms with Gasteiger partial charge in [0.1, 0.15) is 0 Å². The molecular formula is C9H15NO2. The Balaban J connectivity index is 2.26. The third kappa shape index (κ3) is 2.47. The van der Waals surface area contributed by atoms with Crippen LogP contribution in [0.3, 0.4) is 0 Å². The van der Waals surface area contributed by atoms with Crippen LogP contribution < -0.4 is 0 Å². The van der Waals surface area contributed by atoms with Gasteiger partial charge in [0.15, 0.2) is 5.79 Å². The van der Waals surface area contributed by atoms with Crippen molar-refractivity contribution in [3.63, 3.8) is 0 Å². The molecular weight excluding hydrogens is 154 g/mol. The normalized spacial score (nSPS) is 23.4. The van der Waals surface area contributed by atoms with Crippen LogP contribution in [-0.2, 0) is 9.47 Å². The van der Waals surface area contributed by atoms with E-state index in [-0.39, 0.29) is 5.92 Å². The van der Waals surface area contributed by atoms with Crippen LogP contribution in [0.25, 0.3) is 0 Å². The van der Waals surface area contributed by atoms with Gasteiger partial charge in [0.2, 0.25) is 0 Å². The van der Waals surface area contributed by atoms with Gasteiger partial charge in [0, 0.05) is 12.3 Å². The van der Waals surface area contributed by atoms with Gasteiger partial charge in [-0.15, -0.1) is 0 Å². The predicted molar refractivity (Wildman–Crippen MR) is 44.3 cm³/mol. The molecule has 0 aromatic rings. The first-order valence-electron chi connectivity index (χ1n) is 4.34. The Morgan fingerprint density at radius 1 is 1.50 bits per heavy atom. The summed E-state index contributed by atoms with van der Waals surface area (Å²) in [6.07, 6.45) is 1.65. The van der Waals surface area contributed by atoms with E-state index in [1.165, 1.54) is 0 Å². The fourth-order valence-electron chi connectivity index (χ4n) is 1.24. The number of nitriles is 1. The van der Waals surface area contributed by atoms with Crippen molar-refractivity contribution in [3.05, 3.63) is 0 Å². The second-order valence-electron chi connectivity index (χ2n) is 3.40. The predicted octanol–water partition coefficient (Wildman–Crippen LogP) is 1.69. The molecule has 1 aliphatic heterocycles. The van der Waals surface area contributed by atoms with E-state index >= 15 is 0 Å². The minimum absolute atomic E-state index is 0.0922. The summed E-state index contributed by atoms with van der Waals surface area (Å²) in [5.74, 6) is -0.333. The SMILES string of the molecule is CC(C#N)CCC1(C)OCCO1. The van der Waals surface area contributed by atoms with E-state index in [1.807, 2.05) is 13.8 Å². The van der Waals surface area contributed by atoms with Gasteiger partial charge in [-0.05, 0) is 20.3 Å². The number of rotatable bonds is 3. The Labute approximate surface area is 73.3 Å². The molecule has 12 heavy (non-hydrogen) atoms. The molecule has 0 bridgehead atoms. The van der Waals surface area contributed by atoms with Gasteiger partial charge in [-0.2, -0.15) is 5.26 Å². The van der Waals surface area contributed by atoms with E-state index in [0.29, 0.717) is 13.2 Å². The highest BCUT2D eigenvalue weighted by Crippen LogP contribution is 2.25. The molecule has 0 saturated carbocycles. The fourth-order valence-corrected chi connectivity index (χ4v) is 1.24. The average Bonchev–Trinajstić information content (AvgIpc) is 2.49. The summed E-state index contributed by atoms with van der Waals surface area (Å²) < 4.78 is 10.8. The molecule has 1 unspecified atom stereocenters. The highest BCUT2D eigenvalue weighted by Gasteiger charge is 2.30. The van der Waals surface area contributed by atoms with Crippen molar-refractivity contribution in [1.29, 1.82) is 5.26 Å². The van der Waals surface area contributed by atoms with Gasteiger partial charge in [-0.1, -0.05) is 0 Å². The molecule has 1 saturated heterocycles. The molecule has 0 amide bonds. The van der Waals surface area contributed by atoms with E-state index in [9.17, 15) is 0 Å². The van der Waals surface area contributed by atoms with Crippen LogP contribution in [0.4, 0.5) is 0 Å². The Morgan fingerprint density at radius 3 is 2.58 bits per heavy atom. The summed E-state index contributed by atoms with van der Waals surface area (Å²) in [4.78, 5) is 0. The highest BCUT2D eigenvalue weighted by molar-refractivity contribution is 4.80. The lowest BCUT2D eigenvalue weighted by Gasteiger charge is -2.22. The largest absolute Gasteiger partial charge is 0.348 e. The topological polar surface area (TPSA) is 42.2 Å². The maximum absolute atomic E-state index is 8.56. The Bertz CT molecular complexity index is 179. The zero-order chi connectivity index (χ0) is 9.03. The maximum Gasteiger partial charge on any atom is 0.165 e. The lowest BCUT2D eigenvalue weighted by Crippen LogP contribution is -2.25. The molecule has 1 fully saturated rings. The summed E-state index contributed by atoms with van der Waals surface area (Å²) in [6, 6.07) is 2.19. The molecule has 0 aliphatic carbocycles. The summed E-state index contributed by atoms with van der Waals surface area (Å²) in [5.41, 5.74) is 0. The molecule has 0 aromatic carbocycles. The van der Waals surface area contributed by atoms with Crippen molar-refractivity contribution in [3.8, 4) is 6.07 Å². The standard InChI is InChI=1S/C9H15NO2/c1-8(7-10)3-4-9(2)11-5-6-12-9/h8H,3-6H2,1-2H3. The van der Waals surface area contributed by atoms with E-state index in [2.05, 4.69) is 6.07 Å². The molecule has 3 nitrogen and oxygen atoms in total. The highest BCUT2D eigenvalue weighted by atomic mass is 16.7. The number of hydrogen-bond donors (Lipinski definition) is 0. The zero-order valence-corrected chi connectivity index (χ0v) is 7.67. The molecule has 1 heterocycles. The third-order valence-electron chi connectivity index (χ3n) is 2.15. The summed E-state index contributed by atoms with van der Waals surface area (Å²) in [7, 11) is 0. The van der Waals surface area contributed by atoms with Crippen LogP contribution >= 0.6 is 0 Å². The first kappa shape index (κ1) is 9.50. The zero-order valence-electron chi connectivity index (χ0n) is 7.67. The Morgan fingerprint density at radius 2 is 2.08 bits per heavy atom. The monoisotopic (exact) mass is 169 g/mol. The molecule has 0 radical (unpaired) electrons. The summed E-state index contributed by atoms with van der Waals surface area (Å²) in [5, 5.41) is 8.56. The smallest absolute Gasteiger partial charge is 0.165 e. The molecule has 68 valence electrons. The van der Waals surface area contributed by atoms with Crippen LogP contribution in [0.5, 0.6) is 0 Å². The fraction of sp³-hybridized carbons (Fsp3) is 0.889. The number of ether oxygens (including phenoxy) is 2. The molecule has 0 aromatic heterocycles. The van der Waals surface area contributed by atoms with Crippen LogP contribution in [0.2, 0.25) is 0 Å². The molecule has 3 heteroatoms. The van der Waals surface area contributed by atoms with Crippen LogP contribution in [0.1, 0.15) is 26.7 Å². The summed E-state index contributed by atoms with van der Waals surface area (Å²) in [6.45, 7) is 5.21. The first-order valence-corrected chi connectivity index (χ1v) is 4.34. The minimum Gasteiger partial charge on any atom is -0.348 e. The van der Waals surface area contributed by atoms with Crippen molar-refractivity contribution in [2.75, 3.05) is 13.2 Å². The van der Waals surface area contributed by atoms with Crippen molar-refractivity contribution < 1.29 is 9.47 Å². The Hall–Kier alpha value is -0.590. The van der Waals surface area contributed by atoms with E-state index in [0.717, 1.165) is 12.8 Å². The molecule has 1 aliphatic rings. The average molecular weight is 169 g/mol. The molecule has 0 N–H and O–H groups in total. The van der Waals surface area contributed by atoms with E-state index in [1.54, 1.807) is 0 Å². The van der Waals surface area contributed by atoms with Gasteiger partial charge in [-0.3, -0.25) is 0 Å². The molecule has 1 atom stereocenters. The van der Waals surface area contributed by atoms with Gasteiger partial charge in [0.25, 0.3) is 0 Å². The van der Waals surface area contributed by atoms with E-state index < -0.39 is 5.79 Å². The van der Waals surface area contributed by atoms with Crippen molar-refractivity contribution >= 4 is 0 Å². The van der Waals surface area contributed by atoms with E-state index in [4.69, 9.17) is 14.7 Å². The van der Waals surface area contributed by atoms with Crippen molar-refractivity contribution in [2.45, 2.75) is 32.5 Å². The molecule has 0 spiro atoms. The summed E-state index contributed by atoms with van der Waals surface area (Å²) >= 11 is 0. The number of nitrogens with zero attached hydrogens (tertiary/aromatic N) is 1. The molecule has 1 rings (SSSR count). The van der Waals surface area contributed by atoms with Crippen molar-refractivity contribution in [1.82, 2.24) is 0 Å². The minimum atomic E-state index is -0.425. The van der Waals surface area contributed by atoms with Gasteiger partial charge in [-0.25, -0.2) is 0 Å². The van der Waals surface area contributed by atoms with Gasteiger partial charge in [0.05, 0.1) is 19.3 Å². The van der Waals surface area contributed by atoms with Crippen molar-refractivity contribution in [2.24, 2.45) is 5.92 Å². The van der Waals surface area contributed by atoms with Gasteiger partial charge < -0.3 is 9.47 Å². The quantitative estimate of drug-likeness (QED) is 0.645. The first-order chi connectivity index (χ1) is 5.66. The maximum atomic E-state index is 8.56. The van der Waals surface area contributed by atoms with Gasteiger partial charge >= 0.3 is 0 Å². The van der Waals surface area contributed by atoms with Crippen LogP contribution in [0, 0.1) is 17.2 Å².